The number of hydrogen-bond donors (Lipinski definition) is 0. The second-order valence-electron chi connectivity index (χ2n) is 12.8. The van der Waals surface area contributed by atoms with Crippen LogP contribution < -0.4 is 4.90 Å². The van der Waals surface area contributed by atoms with Gasteiger partial charge in [0.25, 0.3) is 0 Å². The Balaban J connectivity index is 1.15. The normalized spacial score (nSPS) is 14.9. The predicted molar refractivity (Wildman–Crippen MR) is 212 cm³/mol. The van der Waals surface area contributed by atoms with Gasteiger partial charge in [-0.3, -0.25) is 4.98 Å². The quantitative estimate of drug-likeness (QED) is 0.172. The molecule has 0 bridgehead atoms. The molecule has 7 aromatic rings. The molecule has 1 aromatic heterocycles. The van der Waals surface area contributed by atoms with Crippen molar-refractivity contribution in [3.63, 3.8) is 0 Å². The number of rotatable bonds is 5. The highest BCUT2D eigenvalue weighted by Gasteiger charge is 2.31. The Kier molecular flexibility index (Phi) is 9.23. The molecule has 0 radical (unpaired) electrons. The minimum absolute atomic E-state index is 0.0165. The first-order valence-electron chi connectivity index (χ1n) is 17.5. The molecule has 8 rings (SSSR count). The molecule has 2 atom stereocenters. The van der Waals surface area contributed by atoms with Crippen LogP contribution in [0.3, 0.4) is 0 Å². The highest BCUT2D eigenvalue weighted by Crippen LogP contribution is 2.32. The fourth-order valence-corrected chi connectivity index (χ4v) is 6.89. The molecule has 0 N–H and O–H groups in total. The molecule has 2 heterocycles. The molecule has 1 fully saturated rings. The van der Waals surface area contributed by atoms with Gasteiger partial charge >= 0.3 is 0 Å². The average molecular weight is 653 g/mol. The van der Waals surface area contributed by atoms with E-state index in [1.165, 1.54) is 22.3 Å². The van der Waals surface area contributed by atoms with Gasteiger partial charge in [0.05, 0.1) is 12.1 Å². The van der Waals surface area contributed by atoms with Gasteiger partial charge in [-0.2, -0.15) is 0 Å². The first-order valence-corrected chi connectivity index (χ1v) is 17.5. The number of nitrogens with zero attached hydrogens (tertiary/aromatic N) is 2. The third kappa shape index (κ3) is 7.38. The van der Waals surface area contributed by atoms with E-state index in [0.717, 1.165) is 51.9 Å². The minimum Gasteiger partial charge on any atom is -0.344 e. The summed E-state index contributed by atoms with van der Waals surface area (Å²) >= 11 is 0. The fourth-order valence-electron chi connectivity index (χ4n) is 6.89. The molecule has 2 unspecified atom stereocenters. The van der Waals surface area contributed by atoms with E-state index in [9.17, 15) is 0 Å². The van der Waals surface area contributed by atoms with E-state index < -0.39 is 0 Å². The van der Waals surface area contributed by atoms with Crippen LogP contribution in [0.2, 0.25) is 0 Å². The SMILES string of the molecule is C(#CC1CCC(C#Cc2cc(-c3ccccc3)cc(-c3ccccc3)c2)N1c1ccncc1)c1cc(-c2ccccc2)cc(-c2ccccc2)c1. The van der Waals surface area contributed by atoms with Crippen molar-refractivity contribution < 1.29 is 0 Å². The summed E-state index contributed by atoms with van der Waals surface area (Å²) in [6.45, 7) is 0. The molecule has 2 nitrogen and oxygen atoms in total. The summed E-state index contributed by atoms with van der Waals surface area (Å²) in [6, 6.07) is 59.7. The zero-order valence-electron chi connectivity index (χ0n) is 28.3. The monoisotopic (exact) mass is 652 g/mol. The van der Waals surface area contributed by atoms with Gasteiger partial charge in [-0.15, -0.1) is 0 Å². The summed E-state index contributed by atoms with van der Waals surface area (Å²) in [6.07, 6.45) is 5.57. The lowest BCUT2D eigenvalue weighted by molar-refractivity contribution is 0.803. The smallest absolute Gasteiger partial charge is 0.0921 e. The van der Waals surface area contributed by atoms with Crippen LogP contribution in [0.15, 0.2) is 182 Å². The van der Waals surface area contributed by atoms with Gasteiger partial charge in [-0.25, -0.2) is 0 Å². The highest BCUT2D eigenvalue weighted by atomic mass is 15.2. The molecule has 1 aliphatic heterocycles. The molecular formula is C49H36N2. The van der Waals surface area contributed by atoms with E-state index in [0.29, 0.717) is 0 Å². The summed E-state index contributed by atoms with van der Waals surface area (Å²) in [5.74, 6) is 14.6. The van der Waals surface area contributed by atoms with Crippen LogP contribution in [0.1, 0.15) is 24.0 Å². The summed E-state index contributed by atoms with van der Waals surface area (Å²) < 4.78 is 0. The standard InChI is InChI=1S/C49H36N2/c1-5-13-39(14-6-1)43-31-37(32-44(35-43)40-15-7-2-8-16-40)21-23-47-25-26-48(51(47)49-27-29-50-30-28-49)24-22-38-33-45(41-17-9-3-10-18-41)36-46(34-38)42-19-11-4-12-20-42/h1-20,27-36,47-48H,25-26H2. The molecule has 2 heteroatoms. The zero-order chi connectivity index (χ0) is 34.2. The van der Waals surface area contributed by atoms with E-state index in [1.807, 2.05) is 12.4 Å². The van der Waals surface area contributed by atoms with Gasteiger partial charge < -0.3 is 4.90 Å². The number of benzene rings is 6. The predicted octanol–water partition coefficient (Wildman–Crippen LogP) is 11.2. The molecule has 1 aliphatic rings. The van der Waals surface area contributed by atoms with E-state index >= 15 is 0 Å². The Hall–Kier alpha value is -6.61. The van der Waals surface area contributed by atoms with Crippen LogP contribution in [0.5, 0.6) is 0 Å². The third-order valence-electron chi connectivity index (χ3n) is 9.41. The second-order valence-corrected chi connectivity index (χ2v) is 12.8. The highest BCUT2D eigenvalue weighted by molar-refractivity contribution is 5.77. The number of pyridine rings is 1. The van der Waals surface area contributed by atoms with Crippen molar-refractivity contribution in [3.05, 3.63) is 193 Å². The van der Waals surface area contributed by atoms with Crippen molar-refractivity contribution in [2.45, 2.75) is 24.9 Å². The summed E-state index contributed by atoms with van der Waals surface area (Å²) in [7, 11) is 0. The van der Waals surface area contributed by atoms with Gasteiger partial charge in [0.2, 0.25) is 0 Å². The van der Waals surface area contributed by atoms with Crippen molar-refractivity contribution in [3.8, 4) is 68.2 Å². The lowest BCUT2D eigenvalue weighted by atomic mass is 9.96. The number of anilines is 1. The molecule has 0 aliphatic carbocycles. The number of hydrogen-bond acceptors (Lipinski definition) is 2. The van der Waals surface area contributed by atoms with Crippen LogP contribution in [0.4, 0.5) is 5.69 Å². The Morgan fingerprint density at radius 3 is 1.06 bits per heavy atom. The van der Waals surface area contributed by atoms with Gasteiger partial charge in [0.1, 0.15) is 0 Å². The molecule has 51 heavy (non-hydrogen) atoms. The van der Waals surface area contributed by atoms with E-state index in [2.05, 4.69) is 203 Å². The molecular weight excluding hydrogens is 617 g/mol. The van der Waals surface area contributed by atoms with Crippen LogP contribution in [0.25, 0.3) is 44.5 Å². The maximum absolute atomic E-state index is 4.31. The summed E-state index contributed by atoms with van der Waals surface area (Å²) in [4.78, 5) is 6.70. The van der Waals surface area contributed by atoms with Crippen molar-refractivity contribution in [2.24, 2.45) is 0 Å². The minimum atomic E-state index is 0.0165. The largest absolute Gasteiger partial charge is 0.344 e. The van der Waals surface area contributed by atoms with Crippen molar-refractivity contribution in [2.75, 3.05) is 4.90 Å². The first kappa shape index (κ1) is 31.6. The van der Waals surface area contributed by atoms with Crippen LogP contribution in [-0.4, -0.2) is 17.1 Å². The van der Waals surface area contributed by atoms with E-state index in [1.54, 1.807) is 0 Å². The number of aromatic nitrogens is 1. The summed E-state index contributed by atoms with van der Waals surface area (Å²) in [5, 5.41) is 0. The van der Waals surface area contributed by atoms with Gasteiger partial charge in [0, 0.05) is 29.2 Å². The fraction of sp³-hybridized carbons (Fsp3) is 0.0816. The lowest BCUT2D eigenvalue weighted by Crippen LogP contribution is -2.34. The molecule has 0 amide bonds. The zero-order valence-corrected chi connectivity index (χ0v) is 28.3. The van der Waals surface area contributed by atoms with Crippen LogP contribution in [-0.2, 0) is 0 Å². The summed E-state index contributed by atoms with van der Waals surface area (Å²) in [5.41, 5.74) is 12.5. The van der Waals surface area contributed by atoms with E-state index in [4.69, 9.17) is 0 Å². The molecule has 0 saturated carbocycles. The van der Waals surface area contributed by atoms with Crippen molar-refractivity contribution in [1.82, 2.24) is 4.98 Å². The third-order valence-corrected chi connectivity index (χ3v) is 9.41. The van der Waals surface area contributed by atoms with Crippen molar-refractivity contribution >= 4 is 5.69 Å². The second kappa shape index (κ2) is 14.9. The van der Waals surface area contributed by atoms with Gasteiger partial charge in [-0.1, -0.05) is 145 Å². The molecule has 1 saturated heterocycles. The molecule has 0 spiro atoms. The van der Waals surface area contributed by atoms with E-state index in [-0.39, 0.29) is 12.1 Å². The Morgan fingerprint density at radius 1 is 0.392 bits per heavy atom. The van der Waals surface area contributed by atoms with Crippen LogP contribution in [0, 0.1) is 23.7 Å². The van der Waals surface area contributed by atoms with Crippen LogP contribution >= 0.6 is 0 Å². The average Bonchev–Trinajstić information content (AvgIpc) is 3.63. The first-order chi connectivity index (χ1) is 25.3. The topological polar surface area (TPSA) is 16.1 Å². The van der Waals surface area contributed by atoms with Gasteiger partial charge in [-0.05, 0) is 106 Å². The maximum Gasteiger partial charge on any atom is 0.0921 e. The lowest BCUT2D eigenvalue weighted by Gasteiger charge is -2.27. The molecule has 6 aromatic carbocycles. The Morgan fingerprint density at radius 2 is 0.725 bits per heavy atom. The maximum atomic E-state index is 4.31. The van der Waals surface area contributed by atoms with Crippen molar-refractivity contribution in [1.29, 1.82) is 0 Å². The van der Waals surface area contributed by atoms with Gasteiger partial charge in [0.15, 0.2) is 0 Å². The molecule has 242 valence electrons. The Bertz CT molecular complexity index is 2100. The Labute approximate surface area is 301 Å².